The van der Waals surface area contributed by atoms with Crippen LogP contribution in [-0.2, 0) is 13.5 Å². The van der Waals surface area contributed by atoms with Gasteiger partial charge in [-0.15, -0.1) is 6.58 Å². The predicted octanol–water partition coefficient (Wildman–Crippen LogP) is 3.12. The summed E-state index contributed by atoms with van der Waals surface area (Å²) in [5.41, 5.74) is 8.54. The minimum atomic E-state index is -0.272. The van der Waals surface area contributed by atoms with Crippen molar-refractivity contribution in [2.24, 2.45) is 12.5 Å². The molecule has 122 valence electrons. The maximum atomic E-state index is 12.0. The molecule has 1 unspecified atom stereocenters. The number of hydrogen-bond donors (Lipinski definition) is 1. The molecule has 1 heterocycles. The van der Waals surface area contributed by atoms with Gasteiger partial charge >= 0.3 is 0 Å². The SMILES string of the molecule is C=CC1(Cc2cc(=O)n(C)c(N)n2)C=CC=C(c2ccccc2)C1. The van der Waals surface area contributed by atoms with Crippen molar-refractivity contribution >= 4 is 11.5 Å². The molecule has 0 saturated carbocycles. The minimum absolute atomic E-state index is 0.143. The molecule has 0 fully saturated rings. The van der Waals surface area contributed by atoms with E-state index in [-0.39, 0.29) is 16.9 Å². The topological polar surface area (TPSA) is 60.9 Å². The Hall–Kier alpha value is -2.88. The number of allylic oxidation sites excluding steroid dienone is 5. The van der Waals surface area contributed by atoms with Gasteiger partial charge in [-0.05, 0) is 17.6 Å². The first-order chi connectivity index (χ1) is 11.5. The van der Waals surface area contributed by atoms with Crippen molar-refractivity contribution in [1.29, 1.82) is 0 Å². The van der Waals surface area contributed by atoms with Crippen LogP contribution in [-0.4, -0.2) is 9.55 Å². The average Bonchev–Trinajstić information content (AvgIpc) is 2.60. The Kier molecular flexibility index (Phi) is 4.21. The molecule has 0 aliphatic heterocycles. The maximum Gasteiger partial charge on any atom is 0.254 e. The highest BCUT2D eigenvalue weighted by molar-refractivity contribution is 5.69. The van der Waals surface area contributed by atoms with Crippen molar-refractivity contribution in [2.75, 3.05) is 5.73 Å². The number of benzene rings is 1. The lowest BCUT2D eigenvalue weighted by Crippen LogP contribution is -2.26. The van der Waals surface area contributed by atoms with Crippen molar-refractivity contribution in [3.63, 3.8) is 0 Å². The zero-order chi connectivity index (χ0) is 17.2. The molecule has 1 atom stereocenters. The van der Waals surface area contributed by atoms with Gasteiger partial charge in [0.1, 0.15) is 0 Å². The van der Waals surface area contributed by atoms with Crippen molar-refractivity contribution < 1.29 is 0 Å². The van der Waals surface area contributed by atoms with Crippen LogP contribution in [0.15, 0.2) is 72.1 Å². The molecule has 1 aromatic carbocycles. The lowest BCUT2D eigenvalue weighted by atomic mass is 9.73. The van der Waals surface area contributed by atoms with E-state index >= 15 is 0 Å². The third-order valence-corrected chi connectivity index (χ3v) is 4.53. The molecule has 0 radical (unpaired) electrons. The van der Waals surface area contributed by atoms with Crippen LogP contribution < -0.4 is 11.3 Å². The summed E-state index contributed by atoms with van der Waals surface area (Å²) in [6.45, 7) is 4.02. The molecule has 0 bridgehead atoms. The van der Waals surface area contributed by atoms with Crippen molar-refractivity contribution in [1.82, 2.24) is 9.55 Å². The molecule has 1 aliphatic carbocycles. The monoisotopic (exact) mass is 319 g/mol. The minimum Gasteiger partial charge on any atom is -0.369 e. The zero-order valence-electron chi connectivity index (χ0n) is 13.8. The first kappa shape index (κ1) is 16.0. The molecule has 2 aromatic rings. The Morgan fingerprint density at radius 2 is 2.12 bits per heavy atom. The van der Waals surface area contributed by atoms with Gasteiger partial charge in [0, 0.05) is 24.9 Å². The van der Waals surface area contributed by atoms with Crippen molar-refractivity contribution in [3.05, 3.63) is 88.9 Å². The highest BCUT2D eigenvalue weighted by Crippen LogP contribution is 2.39. The first-order valence-electron chi connectivity index (χ1n) is 7.93. The van der Waals surface area contributed by atoms with Gasteiger partial charge in [0.05, 0.1) is 5.69 Å². The zero-order valence-corrected chi connectivity index (χ0v) is 13.8. The Morgan fingerprint density at radius 1 is 1.38 bits per heavy atom. The number of aromatic nitrogens is 2. The van der Waals surface area contributed by atoms with Crippen LogP contribution in [0.25, 0.3) is 5.57 Å². The molecule has 3 rings (SSSR count). The number of nitrogens with zero attached hydrogens (tertiary/aromatic N) is 2. The van der Waals surface area contributed by atoms with E-state index in [1.807, 2.05) is 24.3 Å². The van der Waals surface area contributed by atoms with Crippen LogP contribution in [0.1, 0.15) is 17.7 Å². The largest absolute Gasteiger partial charge is 0.369 e. The molecule has 4 heteroatoms. The molecule has 0 amide bonds. The fraction of sp³-hybridized carbons (Fsp3) is 0.200. The molecule has 4 nitrogen and oxygen atoms in total. The maximum absolute atomic E-state index is 12.0. The van der Waals surface area contributed by atoms with Gasteiger partial charge in [0.15, 0.2) is 0 Å². The summed E-state index contributed by atoms with van der Waals surface area (Å²) < 4.78 is 1.34. The standard InChI is InChI=1S/C20H21N3O/c1-3-20(14-17-12-18(24)23(2)19(21)22-17)11-7-10-16(13-20)15-8-5-4-6-9-15/h3-12H,1,13-14H2,2H3,(H2,21,22). The second-order valence-electron chi connectivity index (χ2n) is 6.21. The summed E-state index contributed by atoms with van der Waals surface area (Å²) in [4.78, 5) is 16.3. The van der Waals surface area contributed by atoms with E-state index in [1.165, 1.54) is 15.7 Å². The second kappa shape index (κ2) is 6.32. The van der Waals surface area contributed by atoms with E-state index in [0.717, 1.165) is 6.42 Å². The summed E-state index contributed by atoms with van der Waals surface area (Å²) in [6, 6.07) is 11.8. The van der Waals surface area contributed by atoms with Gasteiger partial charge in [-0.3, -0.25) is 9.36 Å². The summed E-state index contributed by atoms with van der Waals surface area (Å²) in [6.07, 6.45) is 9.66. The van der Waals surface area contributed by atoms with E-state index in [2.05, 4.69) is 41.9 Å². The molecule has 2 N–H and O–H groups in total. The van der Waals surface area contributed by atoms with E-state index in [0.29, 0.717) is 12.1 Å². The molecule has 1 aliphatic rings. The van der Waals surface area contributed by atoms with Crippen LogP contribution in [0.5, 0.6) is 0 Å². The van der Waals surface area contributed by atoms with Crippen LogP contribution in [0.2, 0.25) is 0 Å². The normalized spacial score (nSPS) is 19.8. The average molecular weight is 319 g/mol. The summed E-state index contributed by atoms with van der Waals surface area (Å²) in [5, 5.41) is 0. The Balaban J connectivity index is 1.91. The summed E-state index contributed by atoms with van der Waals surface area (Å²) in [5.74, 6) is 0.232. The lowest BCUT2D eigenvalue weighted by molar-refractivity contribution is 0.492. The lowest BCUT2D eigenvalue weighted by Gasteiger charge is -2.31. The van der Waals surface area contributed by atoms with Crippen LogP contribution >= 0.6 is 0 Å². The van der Waals surface area contributed by atoms with E-state index in [9.17, 15) is 4.79 Å². The smallest absolute Gasteiger partial charge is 0.254 e. The quantitative estimate of drug-likeness (QED) is 0.881. The van der Waals surface area contributed by atoms with Crippen molar-refractivity contribution in [3.8, 4) is 0 Å². The number of nitrogens with two attached hydrogens (primary N) is 1. The van der Waals surface area contributed by atoms with Crippen molar-refractivity contribution in [2.45, 2.75) is 12.8 Å². The van der Waals surface area contributed by atoms with Gasteiger partial charge in [-0.1, -0.05) is 54.6 Å². The summed E-state index contributed by atoms with van der Waals surface area (Å²) in [7, 11) is 1.62. The molecule has 1 aromatic heterocycles. The Bertz CT molecular complexity index is 878. The van der Waals surface area contributed by atoms with Gasteiger partial charge in [0.25, 0.3) is 5.56 Å². The Labute approximate surface area is 141 Å². The number of rotatable bonds is 4. The highest BCUT2D eigenvalue weighted by Gasteiger charge is 2.28. The predicted molar refractivity (Wildman–Crippen MR) is 98.4 cm³/mol. The van der Waals surface area contributed by atoms with Gasteiger partial charge < -0.3 is 5.73 Å². The second-order valence-corrected chi connectivity index (χ2v) is 6.21. The fourth-order valence-corrected chi connectivity index (χ4v) is 3.05. The Morgan fingerprint density at radius 3 is 2.79 bits per heavy atom. The van der Waals surface area contributed by atoms with Gasteiger partial charge in [0.2, 0.25) is 5.95 Å². The van der Waals surface area contributed by atoms with Gasteiger partial charge in [-0.2, -0.15) is 0 Å². The van der Waals surface area contributed by atoms with E-state index in [4.69, 9.17) is 5.73 Å². The fourth-order valence-electron chi connectivity index (χ4n) is 3.05. The van der Waals surface area contributed by atoms with Crippen LogP contribution in [0.3, 0.4) is 0 Å². The van der Waals surface area contributed by atoms with Crippen LogP contribution in [0, 0.1) is 5.41 Å². The molecule has 0 saturated heterocycles. The highest BCUT2D eigenvalue weighted by atomic mass is 16.1. The summed E-state index contributed by atoms with van der Waals surface area (Å²) >= 11 is 0. The third-order valence-electron chi connectivity index (χ3n) is 4.53. The number of anilines is 1. The van der Waals surface area contributed by atoms with Gasteiger partial charge in [-0.25, -0.2) is 4.98 Å². The first-order valence-corrected chi connectivity index (χ1v) is 7.93. The number of nitrogen functional groups attached to an aromatic ring is 1. The van der Waals surface area contributed by atoms with E-state index in [1.54, 1.807) is 13.1 Å². The molecular formula is C20H21N3O. The number of hydrogen-bond acceptors (Lipinski definition) is 3. The van der Waals surface area contributed by atoms with Crippen LogP contribution in [0.4, 0.5) is 5.95 Å². The third kappa shape index (κ3) is 3.08. The molecule has 24 heavy (non-hydrogen) atoms. The molecular weight excluding hydrogens is 298 g/mol. The van der Waals surface area contributed by atoms with E-state index < -0.39 is 0 Å². The molecule has 0 spiro atoms.